The average Bonchev–Trinajstić information content (AvgIpc) is 3.40. The molecule has 0 spiro atoms. The maximum atomic E-state index is 12.6. The van der Waals surface area contributed by atoms with Gasteiger partial charge < -0.3 is 4.74 Å². The number of amides is 1. The predicted octanol–water partition coefficient (Wildman–Crippen LogP) is 2.50. The van der Waals surface area contributed by atoms with Crippen molar-refractivity contribution in [2.75, 3.05) is 24.7 Å². The molecule has 0 fully saturated rings. The zero-order valence-electron chi connectivity index (χ0n) is 16.5. The number of H-pyrrole nitrogens is 1. The monoisotopic (exact) mass is 447 g/mol. The van der Waals surface area contributed by atoms with Gasteiger partial charge in [0.2, 0.25) is 10.0 Å². The average molecular weight is 448 g/mol. The van der Waals surface area contributed by atoms with Gasteiger partial charge in [-0.1, -0.05) is 12.1 Å². The van der Waals surface area contributed by atoms with Gasteiger partial charge in [0, 0.05) is 30.0 Å². The molecule has 0 saturated heterocycles. The predicted molar refractivity (Wildman–Crippen MR) is 114 cm³/mol. The summed E-state index contributed by atoms with van der Waals surface area (Å²) in [4.78, 5) is 18.0. The Balaban J connectivity index is 1.49. The second-order valence-electron chi connectivity index (χ2n) is 6.69. The van der Waals surface area contributed by atoms with E-state index in [1.807, 2.05) is 24.3 Å². The number of nitrogens with zero attached hydrogens (tertiary/aromatic N) is 3. The number of nitrogens with one attached hydrogen (secondary N) is 2. The van der Waals surface area contributed by atoms with Gasteiger partial charge in [0.1, 0.15) is 11.4 Å². The standard InChI is InChI=1S/C19H21N5O4S2/c1-3-30(26,27)24-9-8-13-17(11-24)29-19(20-13)21-18(25)15-10-14(22-23-15)12-6-4-5-7-16(12)28-2/h4-7,10H,3,8-9,11H2,1-2H3,(H,22,23)(H,20,21,25). The number of carbonyl (C=O) groups is 1. The molecule has 9 nitrogen and oxygen atoms in total. The quantitative estimate of drug-likeness (QED) is 0.600. The van der Waals surface area contributed by atoms with Crippen LogP contribution in [0, 0.1) is 0 Å². The fourth-order valence-corrected chi connectivity index (χ4v) is 5.40. The van der Waals surface area contributed by atoms with E-state index in [2.05, 4.69) is 20.5 Å². The first-order valence-electron chi connectivity index (χ1n) is 9.38. The molecular formula is C19H21N5O4S2. The van der Waals surface area contributed by atoms with E-state index in [4.69, 9.17) is 4.74 Å². The maximum Gasteiger partial charge on any atom is 0.275 e. The highest BCUT2D eigenvalue weighted by atomic mass is 32.2. The first kappa shape index (κ1) is 20.5. The molecule has 1 aromatic carbocycles. The molecule has 2 aromatic heterocycles. The summed E-state index contributed by atoms with van der Waals surface area (Å²) in [7, 11) is -1.67. The maximum absolute atomic E-state index is 12.6. The number of rotatable bonds is 6. The van der Waals surface area contributed by atoms with E-state index in [0.717, 1.165) is 16.1 Å². The van der Waals surface area contributed by atoms with E-state index in [1.54, 1.807) is 20.1 Å². The van der Waals surface area contributed by atoms with E-state index in [0.29, 0.717) is 41.8 Å². The zero-order chi connectivity index (χ0) is 21.3. The van der Waals surface area contributed by atoms with E-state index < -0.39 is 10.0 Å². The Hall–Kier alpha value is -2.76. The lowest BCUT2D eigenvalue weighted by atomic mass is 10.1. The number of thiazole rings is 1. The smallest absolute Gasteiger partial charge is 0.275 e. The van der Waals surface area contributed by atoms with Gasteiger partial charge in [-0.05, 0) is 25.1 Å². The van der Waals surface area contributed by atoms with Crippen LogP contribution >= 0.6 is 11.3 Å². The van der Waals surface area contributed by atoms with Crippen molar-refractivity contribution in [3.8, 4) is 17.0 Å². The van der Waals surface area contributed by atoms with Crippen LogP contribution in [0.2, 0.25) is 0 Å². The molecule has 0 radical (unpaired) electrons. The Labute approximate surface area is 178 Å². The van der Waals surface area contributed by atoms with Gasteiger partial charge >= 0.3 is 0 Å². The molecule has 0 atom stereocenters. The van der Waals surface area contributed by atoms with Crippen LogP contribution in [0.1, 0.15) is 28.0 Å². The minimum Gasteiger partial charge on any atom is -0.496 e. The third-order valence-corrected chi connectivity index (χ3v) is 7.71. The third kappa shape index (κ3) is 3.95. The van der Waals surface area contributed by atoms with Gasteiger partial charge in [0.15, 0.2) is 5.13 Å². The van der Waals surface area contributed by atoms with Crippen molar-refractivity contribution in [3.63, 3.8) is 0 Å². The first-order valence-corrected chi connectivity index (χ1v) is 11.8. The molecule has 1 aliphatic heterocycles. The molecule has 0 aliphatic carbocycles. The van der Waals surface area contributed by atoms with Crippen molar-refractivity contribution in [3.05, 3.63) is 46.6 Å². The number of hydrogen-bond donors (Lipinski definition) is 2. The third-order valence-electron chi connectivity index (χ3n) is 4.88. The SMILES string of the molecule is CCS(=O)(=O)N1CCc2nc(NC(=O)c3cc(-c4ccccc4OC)n[nH]3)sc2C1. The number of sulfonamides is 1. The molecule has 30 heavy (non-hydrogen) atoms. The van der Waals surface area contributed by atoms with E-state index in [1.165, 1.54) is 15.6 Å². The normalized spacial score (nSPS) is 14.3. The van der Waals surface area contributed by atoms with Crippen LogP contribution in [-0.4, -0.2) is 53.2 Å². The first-order chi connectivity index (χ1) is 14.4. The Kier molecular flexibility index (Phi) is 5.58. The van der Waals surface area contributed by atoms with E-state index in [-0.39, 0.29) is 11.7 Å². The topological polar surface area (TPSA) is 117 Å². The zero-order valence-corrected chi connectivity index (χ0v) is 18.1. The van der Waals surface area contributed by atoms with Crippen molar-refractivity contribution in [1.82, 2.24) is 19.5 Å². The van der Waals surface area contributed by atoms with Gasteiger partial charge in [-0.3, -0.25) is 15.2 Å². The molecule has 0 saturated carbocycles. The van der Waals surface area contributed by atoms with Crippen LogP contribution in [-0.2, 0) is 23.0 Å². The summed E-state index contributed by atoms with van der Waals surface area (Å²) in [5.41, 5.74) is 2.49. The molecule has 1 aliphatic rings. The molecule has 0 unspecified atom stereocenters. The van der Waals surface area contributed by atoms with Gasteiger partial charge in [-0.25, -0.2) is 13.4 Å². The fraction of sp³-hybridized carbons (Fsp3) is 0.316. The number of anilines is 1. The van der Waals surface area contributed by atoms with Crippen LogP contribution in [0.3, 0.4) is 0 Å². The molecule has 3 aromatic rings. The van der Waals surface area contributed by atoms with Crippen LogP contribution in [0.25, 0.3) is 11.3 Å². The van der Waals surface area contributed by atoms with Gasteiger partial charge in [0.25, 0.3) is 5.91 Å². The lowest BCUT2D eigenvalue weighted by molar-refractivity contribution is 0.102. The highest BCUT2D eigenvalue weighted by molar-refractivity contribution is 7.89. The lowest BCUT2D eigenvalue weighted by Crippen LogP contribution is -2.36. The number of aromatic nitrogens is 3. The number of hydrogen-bond acceptors (Lipinski definition) is 7. The molecule has 1 amide bonds. The largest absolute Gasteiger partial charge is 0.496 e. The summed E-state index contributed by atoms with van der Waals surface area (Å²) in [6, 6.07) is 9.07. The summed E-state index contributed by atoms with van der Waals surface area (Å²) < 4.78 is 31.0. The minimum absolute atomic E-state index is 0.0685. The molecule has 11 heteroatoms. The molecule has 2 N–H and O–H groups in total. The van der Waals surface area contributed by atoms with Crippen LogP contribution in [0.5, 0.6) is 5.75 Å². The number of fused-ring (bicyclic) bond motifs is 1. The Morgan fingerprint density at radius 2 is 2.17 bits per heavy atom. The summed E-state index contributed by atoms with van der Waals surface area (Å²) in [6.45, 7) is 2.33. The number of aromatic amines is 1. The summed E-state index contributed by atoms with van der Waals surface area (Å²) in [5, 5.41) is 10.2. The number of benzene rings is 1. The second kappa shape index (κ2) is 8.17. The highest BCUT2D eigenvalue weighted by Crippen LogP contribution is 2.31. The number of para-hydroxylation sites is 1. The molecule has 0 bridgehead atoms. The molecule has 158 valence electrons. The van der Waals surface area contributed by atoms with Crippen LogP contribution in [0.15, 0.2) is 30.3 Å². The Morgan fingerprint density at radius 3 is 2.93 bits per heavy atom. The van der Waals surface area contributed by atoms with E-state index in [9.17, 15) is 13.2 Å². The van der Waals surface area contributed by atoms with Gasteiger partial charge in [-0.15, -0.1) is 11.3 Å². The number of ether oxygens (including phenoxy) is 1. The van der Waals surface area contributed by atoms with E-state index >= 15 is 0 Å². The number of carbonyl (C=O) groups excluding carboxylic acids is 1. The van der Waals surface area contributed by atoms with Crippen molar-refractivity contribution < 1.29 is 17.9 Å². The summed E-state index contributed by atoms with van der Waals surface area (Å²) in [6.07, 6.45) is 0.531. The number of methoxy groups -OCH3 is 1. The van der Waals surface area contributed by atoms with Crippen LogP contribution in [0.4, 0.5) is 5.13 Å². The Bertz CT molecular complexity index is 1190. The van der Waals surface area contributed by atoms with Gasteiger partial charge in [0.05, 0.1) is 24.3 Å². The summed E-state index contributed by atoms with van der Waals surface area (Å²) >= 11 is 1.29. The van der Waals surface area contributed by atoms with Crippen LogP contribution < -0.4 is 10.1 Å². The molecule has 3 heterocycles. The van der Waals surface area contributed by atoms with Gasteiger partial charge in [-0.2, -0.15) is 9.40 Å². The summed E-state index contributed by atoms with van der Waals surface area (Å²) in [5.74, 6) is 0.363. The molecular weight excluding hydrogens is 426 g/mol. The van der Waals surface area contributed by atoms with Crippen molar-refractivity contribution >= 4 is 32.4 Å². The van der Waals surface area contributed by atoms with Crippen molar-refractivity contribution in [1.29, 1.82) is 0 Å². The Morgan fingerprint density at radius 1 is 1.37 bits per heavy atom. The van der Waals surface area contributed by atoms with Crippen molar-refractivity contribution in [2.24, 2.45) is 0 Å². The fourth-order valence-electron chi connectivity index (χ4n) is 3.24. The van der Waals surface area contributed by atoms with Crippen molar-refractivity contribution in [2.45, 2.75) is 19.9 Å². The minimum atomic E-state index is -3.25. The second-order valence-corrected chi connectivity index (χ2v) is 10.0. The lowest BCUT2D eigenvalue weighted by Gasteiger charge is -2.24. The molecule has 4 rings (SSSR count). The highest BCUT2D eigenvalue weighted by Gasteiger charge is 2.28.